The number of aromatic nitrogens is 6. The molecule has 0 atom stereocenters. The summed E-state index contributed by atoms with van der Waals surface area (Å²) in [6, 6.07) is 0.429. The topological polar surface area (TPSA) is 84.3 Å². The molecule has 1 saturated heterocycles. The molecule has 0 spiro atoms. The van der Waals surface area contributed by atoms with E-state index in [1.54, 1.807) is 0 Å². The average molecular weight is 231 g/mol. The second-order valence-corrected chi connectivity index (χ2v) is 4.71. The van der Waals surface area contributed by atoms with Gasteiger partial charge in [-0.25, -0.2) is 9.67 Å². The van der Waals surface area contributed by atoms with E-state index < -0.39 is 0 Å². The Morgan fingerprint density at radius 3 is 2.88 bits per heavy atom. The molecular weight excluding hydrogens is 218 g/mol. The number of nitrogens with one attached hydrogen (secondary N) is 2. The second-order valence-electron chi connectivity index (χ2n) is 4.71. The summed E-state index contributed by atoms with van der Waals surface area (Å²) in [7, 11) is 0. The van der Waals surface area contributed by atoms with Gasteiger partial charge in [-0.15, -0.1) is 5.10 Å². The lowest BCUT2D eigenvalue weighted by Gasteiger charge is -2.26. The van der Waals surface area contributed by atoms with Gasteiger partial charge in [-0.2, -0.15) is 5.10 Å². The van der Waals surface area contributed by atoms with Gasteiger partial charge in [-0.1, -0.05) is 5.21 Å². The van der Waals surface area contributed by atoms with Crippen molar-refractivity contribution in [2.45, 2.75) is 24.8 Å². The summed E-state index contributed by atoms with van der Waals surface area (Å²) in [5, 5.41) is 18.6. The van der Waals surface area contributed by atoms with Crippen LogP contribution >= 0.6 is 0 Å². The summed E-state index contributed by atoms with van der Waals surface area (Å²) in [4.78, 5) is 4.46. The number of hydrogen-bond acceptors (Lipinski definition) is 5. The van der Waals surface area contributed by atoms with Gasteiger partial charge in [0.25, 0.3) is 0 Å². The fourth-order valence-electron chi connectivity index (χ4n) is 1.95. The van der Waals surface area contributed by atoms with Crippen LogP contribution in [0, 0.1) is 0 Å². The highest BCUT2D eigenvalue weighted by Crippen LogP contribution is 2.38. The molecule has 4 rings (SSSR count). The molecule has 2 aliphatic rings. The minimum absolute atomic E-state index is 0.429. The first kappa shape index (κ1) is 9.29. The number of H-pyrrole nitrogens is 1. The van der Waals surface area contributed by atoms with E-state index in [0.717, 1.165) is 24.6 Å². The molecule has 7 heteroatoms. The zero-order chi connectivity index (χ0) is 11.2. The lowest BCUT2D eigenvalue weighted by atomic mass is 10.2. The molecule has 7 nitrogen and oxygen atoms in total. The molecule has 2 aromatic rings. The Hall–Kier alpha value is -1.76. The lowest BCUT2D eigenvalue weighted by Crippen LogP contribution is -2.43. The first-order chi connectivity index (χ1) is 8.40. The highest BCUT2D eigenvalue weighted by Gasteiger charge is 2.28. The molecule has 0 radical (unpaired) electrons. The maximum absolute atomic E-state index is 4.46. The van der Waals surface area contributed by atoms with Crippen LogP contribution in [0.2, 0.25) is 0 Å². The normalized spacial score (nSPS) is 20.5. The van der Waals surface area contributed by atoms with Gasteiger partial charge >= 0.3 is 0 Å². The van der Waals surface area contributed by atoms with E-state index in [1.165, 1.54) is 12.8 Å². The summed E-state index contributed by atoms with van der Waals surface area (Å²) >= 11 is 0. The average Bonchev–Trinajstić information content (AvgIpc) is 2.82. The smallest absolute Gasteiger partial charge is 0.203 e. The monoisotopic (exact) mass is 231 g/mol. The molecule has 0 amide bonds. The van der Waals surface area contributed by atoms with Crippen LogP contribution in [0.15, 0.2) is 6.20 Å². The number of rotatable bonds is 3. The van der Waals surface area contributed by atoms with Crippen LogP contribution in [0.4, 0.5) is 0 Å². The van der Waals surface area contributed by atoms with Crippen molar-refractivity contribution < 1.29 is 0 Å². The Bertz CT molecular complexity index is 534. The highest BCUT2D eigenvalue weighted by atomic mass is 15.5. The van der Waals surface area contributed by atoms with Crippen molar-refractivity contribution in [3.63, 3.8) is 0 Å². The van der Waals surface area contributed by atoms with E-state index in [2.05, 4.69) is 30.8 Å². The largest absolute Gasteiger partial charge is 0.312 e. The quantitative estimate of drug-likeness (QED) is 0.781. The van der Waals surface area contributed by atoms with Crippen molar-refractivity contribution in [2.24, 2.45) is 0 Å². The van der Waals surface area contributed by atoms with Gasteiger partial charge in [0.2, 0.25) is 5.82 Å². The van der Waals surface area contributed by atoms with E-state index in [1.807, 2.05) is 10.9 Å². The highest BCUT2D eigenvalue weighted by molar-refractivity contribution is 5.46. The van der Waals surface area contributed by atoms with Gasteiger partial charge < -0.3 is 5.32 Å². The molecule has 1 aliphatic heterocycles. The number of hydrogen-bond donors (Lipinski definition) is 2. The Balaban J connectivity index is 1.61. The van der Waals surface area contributed by atoms with Crippen LogP contribution < -0.4 is 5.32 Å². The molecule has 88 valence electrons. The molecule has 2 fully saturated rings. The van der Waals surface area contributed by atoms with Crippen molar-refractivity contribution in [2.75, 3.05) is 13.1 Å². The first-order valence-electron chi connectivity index (χ1n) is 5.95. The number of nitrogens with zero attached hydrogens (tertiary/aromatic N) is 5. The maximum atomic E-state index is 4.46. The minimum Gasteiger partial charge on any atom is -0.312 e. The zero-order valence-corrected chi connectivity index (χ0v) is 9.30. The van der Waals surface area contributed by atoms with Crippen molar-refractivity contribution in [3.05, 3.63) is 12.0 Å². The summed E-state index contributed by atoms with van der Waals surface area (Å²) in [5.74, 6) is 2.23. The SMILES string of the molecule is c1c(-c2n[nH]c(C3CC3)n2)nnn1C1CNC1. The molecule has 1 aliphatic carbocycles. The lowest BCUT2D eigenvalue weighted by molar-refractivity contribution is 0.313. The van der Waals surface area contributed by atoms with Gasteiger partial charge in [0, 0.05) is 19.0 Å². The molecule has 2 aromatic heterocycles. The van der Waals surface area contributed by atoms with Crippen LogP contribution in [0.1, 0.15) is 30.6 Å². The molecule has 1 saturated carbocycles. The molecule has 0 bridgehead atoms. The van der Waals surface area contributed by atoms with Gasteiger partial charge in [-0.05, 0) is 12.8 Å². The molecule has 0 unspecified atom stereocenters. The maximum Gasteiger partial charge on any atom is 0.203 e. The number of aromatic amines is 1. The third kappa shape index (κ3) is 1.54. The Morgan fingerprint density at radius 2 is 2.18 bits per heavy atom. The summed E-state index contributed by atoms with van der Waals surface area (Å²) in [6.45, 7) is 1.92. The Kier molecular flexibility index (Phi) is 1.84. The van der Waals surface area contributed by atoms with Crippen LogP contribution in [-0.2, 0) is 0 Å². The van der Waals surface area contributed by atoms with E-state index in [4.69, 9.17) is 0 Å². The summed E-state index contributed by atoms with van der Waals surface area (Å²) < 4.78 is 1.89. The molecular formula is C10H13N7. The van der Waals surface area contributed by atoms with Crippen LogP contribution in [-0.4, -0.2) is 43.3 Å². The van der Waals surface area contributed by atoms with E-state index in [9.17, 15) is 0 Å². The predicted octanol–water partition coefficient (Wildman–Crippen LogP) is 0.0849. The molecule has 2 N–H and O–H groups in total. The van der Waals surface area contributed by atoms with Crippen molar-refractivity contribution in [1.29, 1.82) is 0 Å². The van der Waals surface area contributed by atoms with Gasteiger partial charge in [0.05, 0.1) is 12.2 Å². The van der Waals surface area contributed by atoms with Gasteiger partial charge in [0.1, 0.15) is 5.82 Å². The predicted molar refractivity (Wildman–Crippen MR) is 59.3 cm³/mol. The van der Waals surface area contributed by atoms with E-state index in [-0.39, 0.29) is 0 Å². The van der Waals surface area contributed by atoms with Gasteiger partial charge in [-0.3, -0.25) is 5.10 Å². The van der Waals surface area contributed by atoms with E-state index >= 15 is 0 Å². The first-order valence-corrected chi connectivity index (χ1v) is 5.95. The fraction of sp³-hybridized carbons (Fsp3) is 0.600. The third-order valence-electron chi connectivity index (χ3n) is 3.34. The van der Waals surface area contributed by atoms with Crippen molar-refractivity contribution >= 4 is 0 Å². The summed E-state index contributed by atoms with van der Waals surface area (Å²) in [5.41, 5.74) is 0.750. The van der Waals surface area contributed by atoms with Crippen LogP contribution in [0.3, 0.4) is 0 Å². The minimum atomic E-state index is 0.429. The zero-order valence-electron chi connectivity index (χ0n) is 9.30. The second kappa shape index (κ2) is 3.36. The molecule has 17 heavy (non-hydrogen) atoms. The Morgan fingerprint density at radius 1 is 1.29 bits per heavy atom. The molecule has 0 aromatic carbocycles. The van der Waals surface area contributed by atoms with Crippen molar-refractivity contribution in [3.8, 4) is 11.5 Å². The molecule has 3 heterocycles. The summed E-state index contributed by atoms with van der Waals surface area (Å²) in [6.07, 6.45) is 4.36. The Labute approximate surface area is 97.6 Å². The fourth-order valence-corrected chi connectivity index (χ4v) is 1.95. The van der Waals surface area contributed by atoms with Crippen molar-refractivity contribution in [1.82, 2.24) is 35.5 Å². The third-order valence-corrected chi connectivity index (χ3v) is 3.34. The standard InChI is InChI=1S/C10H13N7/c1-2-6(1)9-12-10(15-14-9)8-5-17(16-13-8)7-3-11-4-7/h5-7,11H,1-4H2,(H,12,14,15). The van der Waals surface area contributed by atoms with Crippen LogP contribution in [0.5, 0.6) is 0 Å². The van der Waals surface area contributed by atoms with Crippen LogP contribution in [0.25, 0.3) is 11.5 Å². The van der Waals surface area contributed by atoms with E-state index in [0.29, 0.717) is 17.8 Å². The van der Waals surface area contributed by atoms with Gasteiger partial charge in [0.15, 0.2) is 5.69 Å².